The van der Waals surface area contributed by atoms with E-state index in [0.29, 0.717) is 0 Å². The van der Waals surface area contributed by atoms with E-state index in [-0.39, 0.29) is 5.60 Å². The van der Waals surface area contributed by atoms with Gasteiger partial charge in [-0.05, 0) is 38.8 Å². The van der Waals surface area contributed by atoms with Gasteiger partial charge in [0.15, 0.2) is 0 Å². The van der Waals surface area contributed by atoms with Crippen LogP contribution in [0.5, 0.6) is 0 Å². The van der Waals surface area contributed by atoms with E-state index in [0.717, 1.165) is 19.4 Å². The van der Waals surface area contributed by atoms with Gasteiger partial charge in [-0.25, -0.2) is 0 Å². The first-order valence-corrected chi connectivity index (χ1v) is 7.23. The van der Waals surface area contributed by atoms with Gasteiger partial charge in [-0.2, -0.15) is 0 Å². The summed E-state index contributed by atoms with van der Waals surface area (Å²) >= 11 is 0. The summed E-state index contributed by atoms with van der Waals surface area (Å²) in [6, 6.07) is 0. The van der Waals surface area contributed by atoms with Crippen LogP contribution in [0.3, 0.4) is 0 Å². The highest BCUT2D eigenvalue weighted by Crippen LogP contribution is 2.28. The minimum atomic E-state index is -0.360. The van der Waals surface area contributed by atoms with E-state index >= 15 is 0 Å². The van der Waals surface area contributed by atoms with Crippen molar-refractivity contribution in [1.29, 1.82) is 0 Å². The zero-order valence-corrected chi connectivity index (χ0v) is 10.6. The first-order valence-electron chi connectivity index (χ1n) is 7.23. The zero-order chi connectivity index (χ0) is 11.3. The number of β-amino-alcohol motifs (C(OH)–C–C–N with tert-alkyl or cyclic N) is 1. The van der Waals surface area contributed by atoms with Crippen LogP contribution in [0.15, 0.2) is 0 Å². The van der Waals surface area contributed by atoms with Crippen molar-refractivity contribution in [2.24, 2.45) is 0 Å². The quantitative estimate of drug-likeness (QED) is 0.730. The minimum absolute atomic E-state index is 0.360. The molecule has 0 atom stereocenters. The summed E-state index contributed by atoms with van der Waals surface area (Å²) in [5, 5.41) is 10.7. The number of rotatable bonds is 2. The molecule has 1 saturated heterocycles. The van der Waals surface area contributed by atoms with E-state index in [4.69, 9.17) is 0 Å². The van der Waals surface area contributed by atoms with Crippen LogP contribution in [-0.2, 0) is 0 Å². The van der Waals surface area contributed by atoms with Crippen LogP contribution in [0.4, 0.5) is 0 Å². The van der Waals surface area contributed by atoms with Crippen LogP contribution < -0.4 is 0 Å². The molecule has 1 aliphatic carbocycles. The molecular formula is C14H27NO. The van der Waals surface area contributed by atoms with Crippen molar-refractivity contribution in [3.05, 3.63) is 0 Å². The highest BCUT2D eigenvalue weighted by molar-refractivity contribution is 4.85. The molecule has 16 heavy (non-hydrogen) atoms. The maximum absolute atomic E-state index is 10.7. The van der Waals surface area contributed by atoms with Crippen molar-refractivity contribution in [2.45, 2.75) is 69.8 Å². The highest BCUT2D eigenvalue weighted by Gasteiger charge is 2.30. The standard InChI is InChI=1S/C14H27NO/c16-14(9-5-1-2-6-10-14)13-15-11-7-3-4-8-12-15/h16H,1-13H2. The van der Waals surface area contributed by atoms with Gasteiger partial charge >= 0.3 is 0 Å². The molecule has 94 valence electrons. The first kappa shape index (κ1) is 12.4. The summed E-state index contributed by atoms with van der Waals surface area (Å²) in [6.07, 6.45) is 12.6. The van der Waals surface area contributed by atoms with Crippen molar-refractivity contribution in [2.75, 3.05) is 19.6 Å². The fourth-order valence-corrected chi connectivity index (χ4v) is 3.26. The Kier molecular flexibility index (Phi) is 4.66. The molecule has 0 radical (unpaired) electrons. The van der Waals surface area contributed by atoms with Crippen molar-refractivity contribution in [3.63, 3.8) is 0 Å². The average molecular weight is 225 g/mol. The SMILES string of the molecule is OC1(CN2CCCCCC2)CCCCCC1. The van der Waals surface area contributed by atoms with E-state index in [9.17, 15) is 5.11 Å². The lowest BCUT2D eigenvalue weighted by Crippen LogP contribution is -2.43. The Balaban J connectivity index is 1.84. The van der Waals surface area contributed by atoms with Crippen molar-refractivity contribution >= 4 is 0 Å². The Morgan fingerprint density at radius 3 is 1.81 bits per heavy atom. The molecule has 2 rings (SSSR count). The molecule has 1 N–H and O–H groups in total. The molecule has 0 spiro atoms. The second-order valence-electron chi connectivity index (χ2n) is 5.83. The normalized spacial score (nSPS) is 28.3. The van der Waals surface area contributed by atoms with Crippen LogP contribution in [-0.4, -0.2) is 35.2 Å². The Labute approximate surface area is 100 Å². The van der Waals surface area contributed by atoms with Gasteiger partial charge in [0.1, 0.15) is 0 Å². The van der Waals surface area contributed by atoms with Crippen molar-refractivity contribution < 1.29 is 5.11 Å². The predicted octanol–water partition coefficient (Wildman–Crippen LogP) is 2.95. The van der Waals surface area contributed by atoms with Gasteiger partial charge in [0, 0.05) is 6.54 Å². The van der Waals surface area contributed by atoms with E-state index in [1.54, 1.807) is 0 Å². The van der Waals surface area contributed by atoms with E-state index in [2.05, 4.69) is 4.90 Å². The number of likely N-dealkylation sites (tertiary alicyclic amines) is 1. The fraction of sp³-hybridized carbons (Fsp3) is 1.00. The molecule has 0 amide bonds. The molecule has 0 aromatic rings. The smallest absolute Gasteiger partial charge is 0.0774 e. The molecule has 1 heterocycles. The summed E-state index contributed by atoms with van der Waals surface area (Å²) in [5.41, 5.74) is -0.360. The van der Waals surface area contributed by atoms with Crippen LogP contribution in [0, 0.1) is 0 Å². The topological polar surface area (TPSA) is 23.5 Å². The molecule has 1 aliphatic heterocycles. The minimum Gasteiger partial charge on any atom is -0.389 e. The van der Waals surface area contributed by atoms with Gasteiger partial charge in [0.2, 0.25) is 0 Å². The van der Waals surface area contributed by atoms with E-state index < -0.39 is 0 Å². The van der Waals surface area contributed by atoms with E-state index in [1.807, 2.05) is 0 Å². The lowest BCUT2D eigenvalue weighted by Gasteiger charge is -2.33. The third-order valence-corrected chi connectivity index (χ3v) is 4.25. The third kappa shape index (κ3) is 3.74. The molecule has 2 nitrogen and oxygen atoms in total. The average Bonchev–Trinajstić information content (AvgIpc) is 2.61. The molecule has 2 aliphatic rings. The third-order valence-electron chi connectivity index (χ3n) is 4.25. The Bertz CT molecular complexity index is 189. The van der Waals surface area contributed by atoms with Crippen LogP contribution in [0.1, 0.15) is 64.2 Å². The van der Waals surface area contributed by atoms with Crippen LogP contribution >= 0.6 is 0 Å². The van der Waals surface area contributed by atoms with Gasteiger partial charge in [0.25, 0.3) is 0 Å². The molecule has 0 unspecified atom stereocenters. The van der Waals surface area contributed by atoms with Gasteiger partial charge in [-0.15, -0.1) is 0 Å². The lowest BCUT2D eigenvalue weighted by atomic mass is 9.94. The van der Waals surface area contributed by atoms with Gasteiger partial charge in [-0.3, -0.25) is 0 Å². The molecule has 0 bridgehead atoms. The summed E-state index contributed by atoms with van der Waals surface area (Å²) in [4.78, 5) is 2.51. The lowest BCUT2D eigenvalue weighted by molar-refractivity contribution is -0.00857. The Morgan fingerprint density at radius 2 is 1.25 bits per heavy atom. The first-order chi connectivity index (χ1) is 7.79. The molecular weight excluding hydrogens is 198 g/mol. The predicted molar refractivity (Wildman–Crippen MR) is 67.6 cm³/mol. The van der Waals surface area contributed by atoms with Gasteiger partial charge < -0.3 is 10.0 Å². The Morgan fingerprint density at radius 1 is 0.750 bits per heavy atom. The maximum atomic E-state index is 10.7. The second kappa shape index (κ2) is 6.02. The molecule has 0 aromatic carbocycles. The van der Waals surface area contributed by atoms with Crippen LogP contribution in [0.25, 0.3) is 0 Å². The fourth-order valence-electron chi connectivity index (χ4n) is 3.26. The number of hydrogen-bond donors (Lipinski definition) is 1. The second-order valence-corrected chi connectivity index (χ2v) is 5.83. The number of aliphatic hydroxyl groups is 1. The number of hydrogen-bond acceptors (Lipinski definition) is 2. The van der Waals surface area contributed by atoms with Crippen molar-refractivity contribution in [3.8, 4) is 0 Å². The monoisotopic (exact) mass is 225 g/mol. The summed E-state index contributed by atoms with van der Waals surface area (Å²) in [5.74, 6) is 0. The molecule has 2 fully saturated rings. The summed E-state index contributed by atoms with van der Waals surface area (Å²) in [7, 11) is 0. The maximum Gasteiger partial charge on any atom is 0.0774 e. The molecule has 2 heteroatoms. The molecule has 0 aromatic heterocycles. The van der Waals surface area contributed by atoms with Crippen molar-refractivity contribution in [1.82, 2.24) is 4.90 Å². The Hall–Kier alpha value is -0.0800. The largest absolute Gasteiger partial charge is 0.389 e. The van der Waals surface area contributed by atoms with Gasteiger partial charge in [-0.1, -0.05) is 38.5 Å². The van der Waals surface area contributed by atoms with E-state index in [1.165, 1.54) is 64.5 Å². The molecule has 1 saturated carbocycles. The zero-order valence-electron chi connectivity index (χ0n) is 10.6. The summed E-state index contributed by atoms with van der Waals surface area (Å²) in [6.45, 7) is 3.36. The van der Waals surface area contributed by atoms with Gasteiger partial charge in [0.05, 0.1) is 5.60 Å². The number of nitrogens with zero attached hydrogens (tertiary/aromatic N) is 1. The van der Waals surface area contributed by atoms with Crippen LogP contribution in [0.2, 0.25) is 0 Å². The highest BCUT2D eigenvalue weighted by atomic mass is 16.3. The summed E-state index contributed by atoms with van der Waals surface area (Å²) < 4.78 is 0.